The van der Waals surface area contributed by atoms with E-state index in [0.29, 0.717) is 30.6 Å². The predicted octanol–water partition coefficient (Wildman–Crippen LogP) is 5.78. The van der Waals surface area contributed by atoms with E-state index in [1.165, 1.54) is 5.56 Å². The minimum atomic E-state index is -0.149. The van der Waals surface area contributed by atoms with Gasteiger partial charge in [0.2, 0.25) is 5.91 Å². The third-order valence-corrected chi connectivity index (χ3v) is 4.77. The molecule has 32 heavy (non-hydrogen) atoms. The summed E-state index contributed by atoms with van der Waals surface area (Å²) in [6, 6.07) is 25.5. The minimum Gasteiger partial charge on any atom is -0.491 e. The lowest BCUT2D eigenvalue weighted by molar-refractivity contribution is -0.114. The molecule has 0 aliphatic heterocycles. The van der Waals surface area contributed by atoms with E-state index in [1.54, 1.807) is 0 Å². The van der Waals surface area contributed by atoms with Crippen molar-refractivity contribution in [1.29, 1.82) is 0 Å². The number of amides is 1. The second-order valence-electron chi connectivity index (χ2n) is 8.04. The Labute approximate surface area is 190 Å². The number of para-hydroxylation sites is 4. The Morgan fingerprint density at radius 1 is 0.812 bits per heavy atom. The number of rotatable bonds is 12. The van der Waals surface area contributed by atoms with Gasteiger partial charge in [0, 0.05) is 0 Å². The molecule has 3 rings (SSSR count). The first-order valence-corrected chi connectivity index (χ1v) is 11.1. The SMILES string of the molecule is CC(C)COc1ccccc1NCC(=O)Nc1ccccc1OCCCc1ccccc1. The molecule has 5 nitrogen and oxygen atoms in total. The molecule has 0 aliphatic carbocycles. The van der Waals surface area contributed by atoms with Gasteiger partial charge in [-0.1, -0.05) is 68.4 Å². The molecule has 0 saturated heterocycles. The normalized spacial score (nSPS) is 10.6. The van der Waals surface area contributed by atoms with Crippen LogP contribution in [-0.2, 0) is 11.2 Å². The fourth-order valence-corrected chi connectivity index (χ4v) is 3.16. The van der Waals surface area contributed by atoms with Gasteiger partial charge in [-0.3, -0.25) is 4.79 Å². The zero-order valence-electron chi connectivity index (χ0n) is 18.8. The second kappa shape index (κ2) is 12.4. The third-order valence-electron chi connectivity index (χ3n) is 4.77. The van der Waals surface area contributed by atoms with Crippen molar-refractivity contribution < 1.29 is 14.3 Å². The van der Waals surface area contributed by atoms with E-state index >= 15 is 0 Å². The number of ether oxygens (including phenoxy) is 2. The zero-order valence-corrected chi connectivity index (χ0v) is 18.8. The monoisotopic (exact) mass is 432 g/mol. The summed E-state index contributed by atoms with van der Waals surface area (Å²) in [5.41, 5.74) is 2.76. The number of carbonyl (C=O) groups excluding carboxylic acids is 1. The van der Waals surface area contributed by atoms with Crippen LogP contribution in [0.25, 0.3) is 0 Å². The fourth-order valence-electron chi connectivity index (χ4n) is 3.16. The summed E-state index contributed by atoms with van der Waals surface area (Å²) in [6.07, 6.45) is 1.86. The summed E-state index contributed by atoms with van der Waals surface area (Å²) in [5, 5.41) is 6.11. The lowest BCUT2D eigenvalue weighted by Crippen LogP contribution is -2.22. The molecule has 0 heterocycles. The molecule has 0 radical (unpaired) electrons. The van der Waals surface area contributed by atoms with Gasteiger partial charge in [0.15, 0.2) is 0 Å². The van der Waals surface area contributed by atoms with Gasteiger partial charge in [0.1, 0.15) is 11.5 Å². The van der Waals surface area contributed by atoms with Gasteiger partial charge in [-0.05, 0) is 48.6 Å². The van der Waals surface area contributed by atoms with E-state index in [9.17, 15) is 4.79 Å². The lowest BCUT2D eigenvalue weighted by atomic mass is 10.1. The fraction of sp³-hybridized carbons (Fsp3) is 0.296. The zero-order chi connectivity index (χ0) is 22.6. The molecule has 2 N–H and O–H groups in total. The Bertz CT molecular complexity index is 973. The molecule has 5 heteroatoms. The van der Waals surface area contributed by atoms with Crippen LogP contribution in [0.1, 0.15) is 25.8 Å². The average Bonchev–Trinajstić information content (AvgIpc) is 2.81. The molecule has 0 saturated carbocycles. The topological polar surface area (TPSA) is 59.6 Å². The van der Waals surface area contributed by atoms with Crippen LogP contribution in [0, 0.1) is 5.92 Å². The van der Waals surface area contributed by atoms with Gasteiger partial charge in [-0.2, -0.15) is 0 Å². The second-order valence-corrected chi connectivity index (χ2v) is 8.04. The highest BCUT2D eigenvalue weighted by Gasteiger charge is 2.10. The molecular weight excluding hydrogens is 400 g/mol. The molecule has 3 aromatic rings. The van der Waals surface area contributed by atoms with Crippen LogP contribution >= 0.6 is 0 Å². The van der Waals surface area contributed by atoms with Gasteiger partial charge in [0.05, 0.1) is 31.1 Å². The highest BCUT2D eigenvalue weighted by molar-refractivity contribution is 5.95. The number of hydrogen-bond donors (Lipinski definition) is 2. The Morgan fingerprint density at radius 3 is 2.16 bits per heavy atom. The first-order valence-electron chi connectivity index (χ1n) is 11.1. The van der Waals surface area contributed by atoms with Gasteiger partial charge < -0.3 is 20.1 Å². The van der Waals surface area contributed by atoms with Crippen LogP contribution in [-0.4, -0.2) is 25.7 Å². The quantitative estimate of drug-likeness (QED) is 0.356. The summed E-state index contributed by atoms with van der Waals surface area (Å²) >= 11 is 0. The summed E-state index contributed by atoms with van der Waals surface area (Å²) in [5.74, 6) is 1.70. The van der Waals surface area contributed by atoms with Gasteiger partial charge >= 0.3 is 0 Å². The minimum absolute atomic E-state index is 0.129. The molecule has 1 amide bonds. The van der Waals surface area contributed by atoms with Crippen molar-refractivity contribution in [2.75, 3.05) is 30.4 Å². The Hall–Kier alpha value is -3.47. The molecule has 0 fully saturated rings. The van der Waals surface area contributed by atoms with Crippen LogP contribution < -0.4 is 20.1 Å². The molecule has 168 valence electrons. The summed E-state index contributed by atoms with van der Waals surface area (Å²) in [4.78, 5) is 12.6. The Morgan fingerprint density at radius 2 is 1.44 bits per heavy atom. The van der Waals surface area contributed by atoms with Crippen molar-refractivity contribution in [1.82, 2.24) is 0 Å². The number of carbonyl (C=O) groups is 1. The number of nitrogens with one attached hydrogen (secondary N) is 2. The maximum Gasteiger partial charge on any atom is 0.243 e. The Kier molecular flexibility index (Phi) is 8.99. The first-order chi connectivity index (χ1) is 15.6. The molecule has 0 atom stereocenters. The first kappa shape index (κ1) is 23.2. The van der Waals surface area contributed by atoms with E-state index in [0.717, 1.165) is 24.3 Å². The molecule has 0 aliphatic rings. The molecular formula is C27H32N2O3. The van der Waals surface area contributed by atoms with Crippen molar-refractivity contribution in [3.8, 4) is 11.5 Å². The van der Waals surface area contributed by atoms with Crippen molar-refractivity contribution >= 4 is 17.3 Å². The van der Waals surface area contributed by atoms with E-state index < -0.39 is 0 Å². The smallest absolute Gasteiger partial charge is 0.243 e. The number of aryl methyl sites for hydroxylation is 1. The van der Waals surface area contributed by atoms with Crippen LogP contribution in [0.4, 0.5) is 11.4 Å². The molecule has 0 spiro atoms. The van der Waals surface area contributed by atoms with E-state index in [-0.39, 0.29) is 12.5 Å². The summed E-state index contributed by atoms with van der Waals surface area (Å²) in [7, 11) is 0. The van der Waals surface area contributed by atoms with E-state index in [1.807, 2.05) is 66.7 Å². The number of hydrogen-bond acceptors (Lipinski definition) is 4. The van der Waals surface area contributed by atoms with Crippen molar-refractivity contribution in [2.24, 2.45) is 5.92 Å². The van der Waals surface area contributed by atoms with E-state index in [2.05, 4.69) is 36.6 Å². The van der Waals surface area contributed by atoms with Crippen LogP contribution in [0.5, 0.6) is 11.5 Å². The van der Waals surface area contributed by atoms with Crippen molar-refractivity contribution in [3.05, 3.63) is 84.4 Å². The molecule has 0 aromatic heterocycles. The predicted molar refractivity (Wildman–Crippen MR) is 131 cm³/mol. The van der Waals surface area contributed by atoms with Crippen molar-refractivity contribution in [2.45, 2.75) is 26.7 Å². The van der Waals surface area contributed by atoms with Gasteiger partial charge in [-0.25, -0.2) is 0 Å². The van der Waals surface area contributed by atoms with Crippen LogP contribution in [0.15, 0.2) is 78.9 Å². The third kappa shape index (κ3) is 7.65. The standard InChI is InChI=1S/C27H32N2O3/c1-21(2)20-32-25-16-8-6-14-23(25)28-19-27(30)29-24-15-7-9-17-26(24)31-18-10-13-22-11-4-3-5-12-22/h3-9,11-12,14-17,21,28H,10,13,18-20H2,1-2H3,(H,29,30). The van der Waals surface area contributed by atoms with Crippen molar-refractivity contribution in [3.63, 3.8) is 0 Å². The van der Waals surface area contributed by atoms with Crippen LogP contribution in [0.3, 0.4) is 0 Å². The van der Waals surface area contributed by atoms with Crippen LogP contribution in [0.2, 0.25) is 0 Å². The largest absolute Gasteiger partial charge is 0.491 e. The maximum absolute atomic E-state index is 12.6. The highest BCUT2D eigenvalue weighted by Crippen LogP contribution is 2.25. The Balaban J connectivity index is 1.49. The van der Waals surface area contributed by atoms with E-state index in [4.69, 9.17) is 9.47 Å². The average molecular weight is 433 g/mol. The number of benzene rings is 3. The summed E-state index contributed by atoms with van der Waals surface area (Å²) in [6.45, 7) is 5.54. The highest BCUT2D eigenvalue weighted by atomic mass is 16.5. The van der Waals surface area contributed by atoms with Gasteiger partial charge in [0.25, 0.3) is 0 Å². The lowest BCUT2D eigenvalue weighted by Gasteiger charge is -2.15. The molecule has 0 unspecified atom stereocenters. The number of anilines is 2. The molecule has 3 aromatic carbocycles. The maximum atomic E-state index is 12.6. The van der Waals surface area contributed by atoms with Gasteiger partial charge in [-0.15, -0.1) is 0 Å². The molecule has 0 bridgehead atoms. The summed E-state index contributed by atoms with van der Waals surface area (Å²) < 4.78 is 11.8.